The van der Waals surface area contributed by atoms with Gasteiger partial charge in [0, 0.05) is 18.3 Å². The fraction of sp³-hybridized carbons (Fsp3) is 0.286. The van der Waals surface area contributed by atoms with Gasteiger partial charge >= 0.3 is 5.97 Å². The van der Waals surface area contributed by atoms with E-state index < -0.39 is 12.4 Å². The molecule has 0 unspecified atom stereocenters. The first-order valence-corrected chi connectivity index (χ1v) is 6.83. The molecular formula is C14H13F2N5O2. The first-order valence-electron chi connectivity index (χ1n) is 6.83. The average Bonchev–Trinajstić information content (AvgIpc) is 3.19. The van der Waals surface area contributed by atoms with Crippen molar-refractivity contribution in [2.24, 2.45) is 0 Å². The molecular weight excluding hydrogens is 308 g/mol. The summed E-state index contributed by atoms with van der Waals surface area (Å²) in [6.45, 7) is 2.55. The molecule has 0 bridgehead atoms. The van der Waals surface area contributed by atoms with Crippen molar-refractivity contribution in [3.05, 3.63) is 35.9 Å². The molecule has 0 fully saturated rings. The molecule has 3 aromatic rings. The van der Waals surface area contributed by atoms with Crippen LogP contribution >= 0.6 is 0 Å². The van der Waals surface area contributed by atoms with Gasteiger partial charge in [-0.25, -0.2) is 23.1 Å². The lowest BCUT2D eigenvalue weighted by Crippen LogP contribution is -2.05. The number of rotatable bonds is 4. The quantitative estimate of drug-likeness (QED) is 0.690. The number of carbonyl (C=O) groups excluding carboxylic acids is 1. The lowest BCUT2D eigenvalue weighted by Gasteiger charge is -2.07. The van der Waals surface area contributed by atoms with E-state index in [1.54, 1.807) is 10.9 Å². The predicted molar refractivity (Wildman–Crippen MR) is 76.2 cm³/mol. The summed E-state index contributed by atoms with van der Waals surface area (Å²) >= 11 is 0. The van der Waals surface area contributed by atoms with E-state index in [-0.39, 0.29) is 22.6 Å². The first kappa shape index (κ1) is 15.1. The van der Waals surface area contributed by atoms with Crippen LogP contribution in [-0.4, -0.2) is 37.5 Å². The fourth-order valence-corrected chi connectivity index (χ4v) is 2.21. The second-order valence-electron chi connectivity index (χ2n) is 4.74. The van der Waals surface area contributed by atoms with E-state index in [4.69, 9.17) is 0 Å². The van der Waals surface area contributed by atoms with Crippen LogP contribution in [0.15, 0.2) is 24.7 Å². The van der Waals surface area contributed by atoms with E-state index in [2.05, 4.69) is 19.9 Å². The lowest BCUT2D eigenvalue weighted by atomic mass is 10.2. The minimum Gasteiger partial charge on any atom is -0.465 e. The molecule has 0 atom stereocenters. The number of carbonyl (C=O) groups is 1. The number of aromatic nitrogens is 5. The summed E-state index contributed by atoms with van der Waals surface area (Å²) in [5.74, 6) is -0.686. The van der Waals surface area contributed by atoms with E-state index in [0.29, 0.717) is 12.1 Å². The van der Waals surface area contributed by atoms with Gasteiger partial charge in [-0.2, -0.15) is 10.2 Å². The van der Waals surface area contributed by atoms with Crippen molar-refractivity contribution in [3.63, 3.8) is 0 Å². The summed E-state index contributed by atoms with van der Waals surface area (Å²) in [6, 6.07) is 1.24. The highest BCUT2D eigenvalue weighted by molar-refractivity contribution is 5.95. The third kappa shape index (κ3) is 2.54. The molecule has 7 nitrogen and oxygen atoms in total. The fourth-order valence-electron chi connectivity index (χ4n) is 2.21. The van der Waals surface area contributed by atoms with E-state index in [1.807, 2.05) is 6.92 Å². The number of methoxy groups -OCH3 is 1. The number of hydrogen-bond donors (Lipinski definition) is 0. The number of halogens is 2. The molecule has 0 aliphatic rings. The van der Waals surface area contributed by atoms with Gasteiger partial charge in [0.25, 0.3) is 6.43 Å². The Kier molecular flexibility index (Phi) is 3.77. The predicted octanol–water partition coefficient (Wildman–Crippen LogP) is 2.34. The Morgan fingerprint density at radius 3 is 2.74 bits per heavy atom. The lowest BCUT2D eigenvalue weighted by molar-refractivity contribution is 0.0602. The van der Waals surface area contributed by atoms with Gasteiger partial charge in [0.15, 0.2) is 5.65 Å². The molecule has 0 N–H and O–H groups in total. The maximum Gasteiger partial charge on any atom is 0.343 e. The van der Waals surface area contributed by atoms with Gasteiger partial charge < -0.3 is 4.74 Å². The van der Waals surface area contributed by atoms with Crippen LogP contribution in [0, 0.1) is 0 Å². The third-order valence-corrected chi connectivity index (χ3v) is 3.38. The molecule has 3 aromatic heterocycles. The van der Waals surface area contributed by atoms with Crippen molar-refractivity contribution < 1.29 is 18.3 Å². The van der Waals surface area contributed by atoms with Crippen LogP contribution in [0.2, 0.25) is 0 Å². The number of alkyl halides is 2. The van der Waals surface area contributed by atoms with Crippen molar-refractivity contribution in [2.45, 2.75) is 19.9 Å². The SMILES string of the molecule is CCn1cc(-c2cc(C(F)F)n3ncc(C(=O)OC)c3n2)cn1. The summed E-state index contributed by atoms with van der Waals surface area (Å²) in [6.07, 6.45) is 1.62. The Morgan fingerprint density at radius 2 is 2.13 bits per heavy atom. The molecule has 0 saturated carbocycles. The first-order chi connectivity index (χ1) is 11.0. The van der Waals surface area contributed by atoms with E-state index in [0.717, 1.165) is 4.52 Å². The molecule has 0 aliphatic carbocycles. The number of ether oxygens (including phenoxy) is 1. The Bertz CT molecular complexity index is 871. The van der Waals surface area contributed by atoms with Crippen molar-refractivity contribution in [2.75, 3.05) is 7.11 Å². The molecule has 3 heterocycles. The topological polar surface area (TPSA) is 74.3 Å². The highest BCUT2D eigenvalue weighted by Crippen LogP contribution is 2.26. The molecule has 0 aliphatic heterocycles. The highest BCUT2D eigenvalue weighted by Gasteiger charge is 2.22. The number of nitrogens with zero attached hydrogens (tertiary/aromatic N) is 5. The Labute approximate surface area is 129 Å². The van der Waals surface area contributed by atoms with Gasteiger partial charge in [-0.1, -0.05) is 0 Å². The Balaban J connectivity index is 2.24. The molecule has 9 heteroatoms. The van der Waals surface area contributed by atoms with Crippen LogP contribution in [-0.2, 0) is 11.3 Å². The summed E-state index contributed by atoms with van der Waals surface area (Å²) in [5, 5.41) is 7.92. The van der Waals surface area contributed by atoms with Gasteiger partial charge in [-0.3, -0.25) is 4.68 Å². The molecule has 0 aromatic carbocycles. The normalized spacial score (nSPS) is 11.3. The van der Waals surface area contributed by atoms with Crippen LogP contribution in [0.4, 0.5) is 8.78 Å². The van der Waals surface area contributed by atoms with Crippen LogP contribution in [0.1, 0.15) is 29.4 Å². The number of hydrogen-bond acceptors (Lipinski definition) is 5. The van der Waals surface area contributed by atoms with Crippen molar-refractivity contribution in [1.82, 2.24) is 24.4 Å². The van der Waals surface area contributed by atoms with Crippen molar-refractivity contribution in [3.8, 4) is 11.3 Å². The largest absolute Gasteiger partial charge is 0.465 e. The van der Waals surface area contributed by atoms with E-state index in [1.165, 1.54) is 25.6 Å². The van der Waals surface area contributed by atoms with E-state index >= 15 is 0 Å². The zero-order chi connectivity index (χ0) is 16.6. The summed E-state index contributed by atoms with van der Waals surface area (Å²) in [5.41, 5.74) is 0.559. The van der Waals surface area contributed by atoms with Crippen molar-refractivity contribution >= 4 is 11.6 Å². The number of fused-ring (bicyclic) bond motifs is 1. The zero-order valence-electron chi connectivity index (χ0n) is 12.4. The maximum atomic E-state index is 13.3. The number of esters is 1. The van der Waals surface area contributed by atoms with Crippen LogP contribution in [0.25, 0.3) is 16.9 Å². The average molecular weight is 321 g/mol. The molecule has 0 spiro atoms. The van der Waals surface area contributed by atoms with Gasteiger partial charge in [-0.15, -0.1) is 0 Å². The third-order valence-electron chi connectivity index (χ3n) is 3.38. The van der Waals surface area contributed by atoms with Crippen LogP contribution in [0.5, 0.6) is 0 Å². The highest BCUT2D eigenvalue weighted by atomic mass is 19.3. The van der Waals surface area contributed by atoms with Gasteiger partial charge in [0.05, 0.1) is 25.2 Å². The maximum absolute atomic E-state index is 13.3. The molecule has 0 saturated heterocycles. The second kappa shape index (κ2) is 5.75. The molecule has 23 heavy (non-hydrogen) atoms. The minimum absolute atomic E-state index is 0.0221. The monoisotopic (exact) mass is 321 g/mol. The standard InChI is InChI=1S/C14H13F2N5O2/c1-3-20-7-8(5-17-20)10-4-11(12(15)16)21-13(19-10)9(6-18-21)14(22)23-2/h4-7,12H,3H2,1-2H3. The van der Waals surface area contributed by atoms with E-state index in [9.17, 15) is 13.6 Å². The smallest absolute Gasteiger partial charge is 0.343 e. The Hall–Kier alpha value is -2.84. The van der Waals surface area contributed by atoms with Crippen molar-refractivity contribution in [1.29, 1.82) is 0 Å². The molecule has 0 amide bonds. The summed E-state index contributed by atoms with van der Waals surface area (Å²) in [4.78, 5) is 16.0. The second-order valence-corrected chi connectivity index (χ2v) is 4.74. The number of aryl methyl sites for hydroxylation is 1. The molecule has 3 rings (SSSR count). The summed E-state index contributed by atoms with van der Waals surface area (Å²) < 4.78 is 33.9. The van der Waals surface area contributed by atoms with Crippen LogP contribution < -0.4 is 0 Å². The van der Waals surface area contributed by atoms with Gasteiger partial charge in [-0.05, 0) is 13.0 Å². The minimum atomic E-state index is -2.77. The van der Waals surface area contributed by atoms with Gasteiger partial charge in [0.1, 0.15) is 11.3 Å². The molecule has 120 valence electrons. The summed E-state index contributed by atoms with van der Waals surface area (Å²) in [7, 11) is 1.20. The Morgan fingerprint density at radius 1 is 1.35 bits per heavy atom. The molecule has 0 radical (unpaired) electrons. The zero-order valence-corrected chi connectivity index (χ0v) is 12.4. The van der Waals surface area contributed by atoms with Gasteiger partial charge in [0.2, 0.25) is 0 Å². The van der Waals surface area contributed by atoms with Crippen LogP contribution in [0.3, 0.4) is 0 Å².